The van der Waals surface area contributed by atoms with Crippen molar-refractivity contribution in [1.82, 2.24) is 5.32 Å². The highest BCUT2D eigenvalue weighted by Crippen LogP contribution is 2.47. The van der Waals surface area contributed by atoms with Gasteiger partial charge in [-0.05, 0) is 26.7 Å². The second kappa shape index (κ2) is 1.68. The van der Waals surface area contributed by atoms with E-state index in [9.17, 15) is 4.79 Å². The maximum absolute atomic E-state index is 11.2. The van der Waals surface area contributed by atoms with Crippen LogP contribution in [0.3, 0.4) is 0 Å². The van der Waals surface area contributed by atoms with Gasteiger partial charge in [-0.3, -0.25) is 4.79 Å². The largest absolute Gasteiger partial charge is 0.349 e. The van der Waals surface area contributed by atoms with Crippen LogP contribution in [-0.2, 0) is 4.79 Å². The summed E-state index contributed by atoms with van der Waals surface area (Å²) in [5, 5.41) is 2.97. The quantitative estimate of drug-likeness (QED) is 0.409. The zero-order valence-electron chi connectivity index (χ0n) is 6.98. The van der Waals surface area contributed by atoms with Gasteiger partial charge in [0, 0.05) is 0 Å². The van der Waals surface area contributed by atoms with Crippen LogP contribution in [0.15, 0.2) is 12.2 Å². The fourth-order valence-corrected chi connectivity index (χ4v) is 1.95. The summed E-state index contributed by atoms with van der Waals surface area (Å²) in [4.78, 5) is 11.2. The molecule has 0 aromatic heterocycles. The number of hydrogen-bond donors (Lipinski definition) is 1. The minimum absolute atomic E-state index is 0.0405. The third-order valence-electron chi connectivity index (χ3n) is 3.33. The summed E-state index contributed by atoms with van der Waals surface area (Å²) >= 11 is 0. The average Bonchev–Trinajstić information content (AvgIpc) is 1.96. The molecule has 1 saturated heterocycles. The summed E-state index contributed by atoms with van der Waals surface area (Å²) in [6.45, 7) is 4.17. The molecule has 0 bridgehead atoms. The second-order valence-corrected chi connectivity index (χ2v) is 4.00. The maximum Gasteiger partial charge on any atom is 0.229 e. The molecule has 1 amide bonds. The molecule has 1 N–H and O–H groups in total. The molecule has 0 aromatic rings. The molecule has 2 aliphatic rings. The van der Waals surface area contributed by atoms with E-state index in [1.807, 2.05) is 0 Å². The fourth-order valence-electron chi connectivity index (χ4n) is 1.95. The lowest BCUT2D eigenvalue weighted by atomic mass is 9.59. The van der Waals surface area contributed by atoms with Crippen LogP contribution in [0, 0.1) is 5.41 Å². The van der Waals surface area contributed by atoms with Crippen molar-refractivity contribution in [3.05, 3.63) is 12.2 Å². The minimum atomic E-state index is -0.123. The van der Waals surface area contributed by atoms with Crippen molar-refractivity contribution in [3.63, 3.8) is 0 Å². The highest BCUT2D eigenvalue weighted by Gasteiger charge is 2.59. The predicted octanol–water partition coefficient (Wildman–Crippen LogP) is 1.23. The smallest absolute Gasteiger partial charge is 0.229 e. The van der Waals surface area contributed by atoms with Crippen molar-refractivity contribution in [2.24, 2.45) is 5.41 Å². The molecule has 0 spiro atoms. The molecule has 2 nitrogen and oxygen atoms in total. The number of fused-ring (bicyclic) bond motifs is 1. The Balaban J connectivity index is 2.37. The summed E-state index contributed by atoms with van der Waals surface area (Å²) < 4.78 is 0. The Morgan fingerprint density at radius 3 is 2.45 bits per heavy atom. The van der Waals surface area contributed by atoms with Gasteiger partial charge in [0.05, 0.1) is 11.0 Å². The Bertz CT molecular complexity index is 246. The predicted molar refractivity (Wildman–Crippen MR) is 43.0 cm³/mol. The van der Waals surface area contributed by atoms with Crippen LogP contribution in [0.2, 0.25) is 0 Å². The molecule has 0 radical (unpaired) electrons. The van der Waals surface area contributed by atoms with Gasteiger partial charge in [0.1, 0.15) is 0 Å². The Kier molecular flexibility index (Phi) is 1.05. The maximum atomic E-state index is 11.2. The molecule has 0 saturated carbocycles. The number of hydrogen-bond acceptors (Lipinski definition) is 1. The van der Waals surface area contributed by atoms with Crippen molar-refractivity contribution < 1.29 is 4.79 Å². The van der Waals surface area contributed by atoms with Gasteiger partial charge in [-0.15, -0.1) is 0 Å². The first-order valence-electron chi connectivity index (χ1n) is 4.06. The zero-order chi connectivity index (χ0) is 8.11. The fraction of sp³-hybridized carbons (Fsp3) is 0.667. The first-order chi connectivity index (χ1) is 5.08. The molecule has 0 aromatic carbocycles. The van der Waals surface area contributed by atoms with Crippen molar-refractivity contribution in [1.29, 1.82) is 0 Å². The number of rotatable bonds is 0. The van der Waals surface area contributed by atoms with Crippen molar-refractivity contribution >= 4 is 5.91 Å². The molecule has 1 aliphatic heterocycles. The topological polar surface area (TPSA) is 29.1 Å². The normalized spacial score (nSPS) is 47.6. The zero-order valence-corrected chi connectivity index (χ0v) is 6.98. The van der Waals surface area contributed by atoms with E-state index in [1.54, 1.807) is 0 Å². The van der Waals surface area contributed by atoms with Gasteiger partial charge in [-0.1, -0.05) is 12.2 Å². The van der Waals surface area contributed by atoms with Crippen molar-refractivity contribution in [3.8, 4) is 0 Å². The second-order valence-electron chi connectivity index (χ2n) is 4.00. The monoisotopic (exact) mass is 151 g/mol. The van der Waals surface area contributed by atoms with E-state index in [4.69, 9.17) is 0 Å². The molecule has 60 valence electrons. The van der Waals surface area contributed by atoms with E-state index in [-0.39, 0.29) is 16.9 Å². The van der Waals surface area contributed by atoms with Crippen LogP contribution < -0.4 is 5.32 Å². The van der Waals surface area contributed by atoms with E-state index in [2.05, 4.69) is 31.3 Å². The van der Waals surface area contributed by atoms with Crippen molar-refractivity contribution in [2.75, 3.05) is 0 Å². The van der Waals surface area contributed by atoms with Gasteiger partial charge in [0.15, 0.2) is 0 Å². The van der Waals surface area contributed by atoms with E-state index >= 15 is 0 Å². The van der Waals surface area contributed by atoms with E-state index in [1.165, 1.54) is 0 Å². The van der Waals surface area contributed by atoms with Gasteiger partial charge < -0.3 is 5.32 Å². The highest BCUT2D eigenvalue weighted by molar-refractivity contribution is 5.92. The molecule has 2 heteroatoms. The molecular weight excluding hydrogens is 138 g/mol. The molecular formula is C9H13NO. The summed E-state index contributed by atoms with van der Waals surface area (Å²) in [7, 11) is 0. The highest BCUT2D eigenvalue weighted by atomic mass is 16.2. The lowest BCUT2D eigenvalue weighted by Gasteiger charge is -2.56. The molecule has 1 heterocycles. The lowest BCUT2D eigenvalue weighted by Crippen LogP contribution is -2.74. The average molecular weight is 151 g/mol. The first kappa shape index (κ1) is 6.89. The van der Waals surface area contributed by atoms with E-state index in [0.717, 1.165) is 12.8 Å². The lowest BCUT2D eigenvalue weighted by molar-refractivity contribution is -0.153. The summed E-state index contributed by atoms with van der Waals surface area (Å²) in [6.07, 6.45) is 6.15. The number of nitrogens with one attached hydrogen (secondary N) is 1. The van der Waals surface area contributed by atoms with Crippen molar-refractivity contribution in [2.45, 2.75) is 32.2 Å². The van der Waals surface area contributed by atoms with Crippen LogP contribution in [0.4, 0.5) is 0 Å². The number of amides is 1. The molecule has 2 rings (SSSR count). The van der Waals surface area contributed by atoms with Crippen LogP contribution in [-0.4, -0.2) is 11.4 Å². The summed E-state index contributed by atoms with van der Waals surface area (Å²) in [5.74, 6) is 0.212. The van der Waals surface area contributed by atoms with Crippen LogP contribution >= 0.6 is 0 Å². The molecule has 1 fully saturated rings. The first-order valence-corrected chi connectivity index (χ1v) is 4.06. The third kappa shape index (κ3) is 0.602. The summed E-state index contributed by atoms with van der Waals surface area (Å²) in [5.41, 5.74) is -0.0828. The Morgan fingerprint density at radius 1 is 1.36 bits per heavy atom. The van der Waals surface area contributed by atoms with Gasteiger partial charge in [0.25, 0.3) is 0 Å². The molecule has 1 aliphatic carbocycles. The number of β-lactam (4-membered cyclic amide) rings is 1. The van der Waals surface area contributed by atoms with Crippen LogP contribution in [0.1, 0.15) is 26.7 Å². The van der Waals surface area contributed by atoms with Gasteiger partial charge in [0.2, 0.25) is 5.91 Å². The molecule has 2 atom stereocenters. The molecule has 0 unspecified atom stereocenters. The SMILES string of the molecule is C[C@]12CC=CC[C@]1(C)C(=O)N2. The van der Waals surface area contributed by atoms with Gasteiger partial charge in [-0.25, -0.2) is 0 Å². The Morgan fingerprint density at radius 2 is 2.00 bits per heavy atom. The van der Waals surface area contributed by atoms with Gasteiger partial charge >= 0.3 is 0 Å². The number of carbonyl (C=O) groups excluding carboxylic acids is 1. The Labute approximate surface area is 66.7 Å². The number of carbonyl (C=O) groups is 1. The van der Waals surface area contributed by atoms with Crippen LogP contribution in [0.5, 0.6) is 0 Å². The van der Waals surface area contributed by atoms with E-state index in [0.29, 0.717) is 0 Å². The third-order valence-corrected chi connectivity index (χ3v) is 3.33. The molecule has 11 heavy (non-hydrogen) atoms. The van der Waals surface area contributed by atoms with Gasteiger partial charge in [-0.2, -0.15) is 0 Å². The standard InChI is InChI=1S/C9H13NO/c1-8-5-3-4-6-9(8,2)10-7(8)11/h3-4H,5-6H2,1-2H3,(H,10,11)/t8-,9+/m1/s1. The van der Waals surface area contributed by atoms with E-state index < -0.39 is 0 Å². The number of allylic oxidation sites excluding steroid dienone is 1. The van der Waals surface area contributed by atoms with Crippen LogP contribution in [0.25, 0.3) is 0 Å². The Hall–Kier alpha value is -0.790. The summed E-state index contributed by atoms with van der Waals surface area (Å²) in [6, 6.07) is 0. The minimum Gasteiger partial charge on any atom is -0.349 e.